The van der Waals surface area contributed by atoms with Crippen molar-refractivity contribution in [3.05, 3.63) is 83.9 Å². The van der Waals surface area contributed by atoms with Gasteiger partial charge >= 0.3 is 0 Å². The minimum Gasteiger partial charge on any atom is -0.302 e. The van der Waals surface area contributed by atoms with E-state index in [0.29, 0.717) is 17.4 Å². The van der Waals surface area contributed by atoms with Crippen molar-refractivity contribution in [2.24, 2.45) is 5.92 Å². The zero-order chi connectivity index (χ0) is 15.1. The Kier molecular flexibility index (Phi) is 4.94. The van der Waals surface area contributed by atoms with Crippen molar-refractivity contribution in [3.8, 4) is 0 Å². The fourth-order valence-corrected chi connectivity index (χ4v) is 1.88. The molecule has 0 aliphatic rings. The van der Waals surface area contributed by atoms with Gasteiger partial charge in [-0.2, -0.15) is 0 Å². The van der Waals surface area contributed by atoms with Gasteiger partial charge in [-0.25, -0.2) is 0 Å². The molecule has 0 radical (unpaired) electrons. The molecule has 2 aromatic rings. The van der Waals surface area contributed by atoms with Crippen LogP contribution in [0.1, 0.15) is 20.7 Å². The number of ketones is 2. The van der Waals surface area contributed by atoms with Gasteiger partial charge in [-0.1, -0.05) is 66.7 Å². The lowest BCUT2D eigenvalue weighted by Crippen LogP contribution is -2.14. The van der Waals surface area contributed by atoms with Crippen LogP contribution >= 0.6 is 0 Å². The monoisotopic (exact) mass is 278 g/mol. The third kappa shape index (κ3) is 3.83. The van der Waals surface area contributed by atoms with E-state index in [1.807, 2.05) is 6.07 Å². The van der Waals surface area contributed by atoms with Crippen LogP contribution in [0.15, 0.2) is 72.8 Å². The average Bonchev–Trinajstić information content (AvgIpc) is 2.56. The number of allylic oxidation sites excluding steroid dienone is 2. The Balaban J connectivity index is 2.12. The van der Waals surface area contributed by atoms with Crippen molar-refractivity contribution >= 4 is 17.9 Å². The molecule has 0 saturated heterocycles. The molecule has 0 saturated carbocycles. The van der Waals surface area contributed by atoms with Gasteiger partial charge in [0.2, 0.25) is 0 Å². The molecule has 0 spiro atoms. The Hall–Kier alpha value is -2.81. The summed E-state index contributed by atoms with van der Waals surface area (Å²) in [7, 11) is 0. The summed E-state index contributed by atoms with van der Waals surface area (Å²) in [5.41, 5.74) is 0.969. The van der Waals surface area contributed by atoms with E-state index in [1.54, 1.807) is 54.6 Å². The van der Waals surface area contributed by atoms with Crippen LogP contribution < -0.4 is 0 Å². The minimum atomic E-state index is -0.944. The summed E-state index contributed by atoms with van der Waals surface area (Å²) in [6.07, 6.45) is 3.16. The van der Waals surface area contributed by atoms with Crippen LogP contribution in [0.5, 0.6) is 0 Å². The number of hydrogen-bond acceptors (Lipinski definition) is 3. The Bertz CT molecular complexity index is 657. The highest BCUT2D eigenvalue weighted by Gasteiger charge is 2.16. The lowest BCUT2D eigenvalue weighted by molar-refractivity contribution is -0.108. The molecule has 0 aromatic heterocycles. The second-order valence-electron chi connectivity index (χ2n) is 4.48. The summed E-state index contributed by atoms with van der Waals surface area (Å²) < 4.78 is 0. The Morgan fingerprint density at radius 3 is 1.86 bits per heavy atom. The predicted molar refractivity (Wildman–Crippen MR) is 80.2 cm³/mol. The third-order valence-electron chi connectivity index (χ3n) is 3.02. The van der Waals surface area contributed by atoms with E-state index in [-0.39, 0.29) is 11.6 Å². The third-order valence-corrected chi connectivity index (χ3v) is 3.02. The molecule has 0 aliphatic carbocycles. The fraction of sp³-hybridized carbons (Fsp3) is 0.0556. The maximum absolute atomic E-state index is 12.1. The van der Waals surface area contributed by atoms with Gasteiger partial charge < -0.3 is 4.79 Å². The highest BCUT2D eigenvalue weighted by molar-refractivity contribution is 6.09. The molecule has 0 amide bonds. The van der Waals surface area contributed by atoms with Gasteiger partial charge in [0.15, 0.2) is 11.6 Å². The molecule has 1 atom stereocenters. The van der Waals surface area contributed by atoms with Gasteiger partial charge in [-0.3, -0.25) is 9.59 Å². The average molecular weight is 278 g/mol. The van der Waals surface area contributed by atoms with Gasteiger partial charge in [0.25, 0.3) is 0 Å². The molecule has 0 bridgehead atoms. The zero-order valence-corrected chi connectivity index (χ0v) is 11.3. The first kappa shape index (κ1) is 14.6. The second-order valence-corrected chi connectivity index (χ2v) is 4.48. The molecule has 0 N–H and O–H groups in total. The minimum absolute atomic E-state index is 0.233. The van der Waals surface area contributed by atoms with E-state index in [0.717, 1.165) is 0 Å². The number of carbonyl (C=O) groups is 3. The van der Waals surface area contributed by atoms with E-state index in [2.05, 4.69) is 0 Å². The maximum Gasteiger partial charge on any atom is 0.185 e. The van der Waals surface area contributed by atoms with Crippen molar-refractivity contribution in [2.75, 3.05) is 0 Å². The second kappa shape index (κ2) is 7.10. The highest BCUT2D eigenvalue weighted by atomic mass is 16.1. The standard InChI is InChI=1S/C18H14O3/c19-13-16(18(21)15-9-5-2-6-10-15)11-12-17(20)14-7-3-1-4-8-14/h1-13,16H. The zero-order valence-electron chi connectivity index (χ0n) is 11.3. The quantitative estimate of drug-likeness (QED) is 0.353. The number of hydrogen-bond donors (Lipinski definition) is 0. The Morgan fingerprint density at radius 2 is 1.33 bits per heavy atom. The molecule has 0 aliphatic heterocycles. The SMILES string of the molecule is O=CC(C=CC(=O)c1ccccc1)C(=O)c1ccccc1. The molecule has 21 heavy (non-hydrogen) atoms. The van der Waals surface area contributed by atoms with Crippen LogP contribution in [0.4, 0.5) is 0 Å². The first-order chi connectivity index (χ1) is 10.2. The van der Waals surface area contributed by atoms with Crippen molar-refractivity contribution in [1.82, 2.24) is 0 Å². The topological polar surface area (TPSA) is 51.2 Å². The van der Waals surface area contributed by atoms with E-state index < -0.39 is 5.92 Å². The number of benzene rings is 2. The molecular weight excluding hydrogens is 264 g/mol. The van der Waals surface area contributed by atoms with Gasteiger partial charge in [0.1, 0.15) is 6.29 Å². The predicted octanol–water partition coefficient (Wildman–Crippen LogP) is 3.12. The molecule has 2 rings (SSSR count). The molecule has 0 heterocycles. The normalized spacial score (nSPS) is 12.0. The van der Waals surface area contributed by atoms with Crippen molar-refractivity contribution in [3.63, 3.8) is 0 Å². The number of aldehydes is 1. The van der Waals surface area contributed by atoms with E-state index in [1.165, 1.54) is 12.2 Å². The summed E-state index contributed by atoms with van der Waals surface area (Å²) in [6, 6.07) is 17.2. The van der Waals surface area contributed by atoms with Gasteiger partial charge in [-0.15, -0.1) is 0 Å². The van der Waals surface area contributed by atoms with Crippen LogP contribution in [0, 0.1) is 5.92 Å². The largest absolute Gasteiger partial charge is 0.302 e. The van der Waals surface area contributed by atoms with E-state index >= 15 is 0 Å². The number of rotatable bonds is 6. The maximum atomic E-state index is 12.1. The van der Waals surface area contributed by atoms with Crippen molar-refractivity contribution < 1.29 is 14.4 Å². The van der Waals surface area contributed by atoms with Crippen molar-refractivity contribution in [1.29, 1.82) is 0 Å². The van der Waals surface area contributed by atoms with Gasteiger partial charge in [0, 0.05) is 11.1 Å². The summed E-state index contributed by atoms with van der Waals surface area (Å²) >= 11 is 0. The molecular formula is C18H14O3. The first-order valence-electron chi connectivity index (χ1n) is 6.54. The molecule has 0 fully saturated rings. The van der Waals surface area contributed by atoms with E-state index in [9.17, 15) is 14.4 Å². The number of Topliss-reactive ketones (excluding diaryl/α,β-unsaturated/α-hetero) is 1. The fourth-order valence-electron chi connectivity index (χ4n) is 1.88. The summed E-state index contributed by atoms with van der Waals surface area (Å²) in [6.45, 7) is 0. The van der Waals surface area contributed by atoms with Crippen LogP contribution in [-0.4, -0.2) is 17.9 Å². The van der Waals surface area contributed by atoms with Gasteiger partial charge in [0.05, 0.1) is 5.92 Å². The summed E-state index contributed by atoms with van der Waals surface area (Å²) in [5.74, 6) is -1.49. The van der Waals surface area contributed by atoms with Crippen LogP contribution in [0.25, 0.3) is 0 Å². The van der Waals surface area contributed by atoms with E-state index in [4.69, 9.17) is 0 Å². The molecule has 104 valence electrons. The lowest BCUT2D eigenvalue weighted by Gasteiger charge is -2.04. The lowest BCUT2D eigenvalue weighted by atomic mass is 9.97. The Labute approximate surface area is 122 Å². The molecule has 1 unspecified atom stereocenters. The smallest absolute Gasteiger partial charge is 0.185 e. The number of carbonyl (C=O) groups excluding carboxylic acids is 3. The highest BCUT2D eigenvalue weighted by Crippen LogP contribution is 2.10. The molecule has 3 nitrogen and oxygen atoms in total. The van der Waals surface area contributed by atoms with Crippen LogP contribution in [-0.2, 0) is 4.79 Å². The molecule has 2 aromatic carbocycles. The van der Waals surface area contributed by atoms with Crippen LogP contribution in [0.2, 0.25) is 0 Å². The summed E-state index contributed by atoms with van der Waals surface area (Å²) in [4.78, 5) is 35.1. The van der Waals surface area contributed by atoms with Gasteiger partial charge in [-0.05, 0) is 6.08 Å². The van der Waals surface area contributed by atoms with Crippen LogP contribution in [0.3, 0.4) is 0 Å². The molecule has 3 heteroatoms. The first-order valence-corrected chi connectivity index (χ1v) is 6.54. The Morgan fingerprint density at radius 1 is 0.810 bits per heavy atom. The summed E-state index contributed by atoms with van der Waals surface area (Å²) in [5, 5.41) is 0. The van der Waals surface area contributed by atoms with Crippen molar-refractivity contribution in [2.45, 2.75) is 0 Å².